The molecule has 2 aliphatic heterocycles. The first-order valence-corrected chi connectivity index (χ1v) is 9.26. The Morgan fingerprint density at radius 3 is 2.92 bits per heavy atom. The normalized spacial score (nSPS) is 18.6. The number of para-hydroxylation sites is 3. The molecule has 1 unspecified atom stereocenters. The van der Waals surface area contributed by atoms with Gasteiger partial charge in [-0.3, -0.25) is 4.79 Å². The van der Waals surface area contributed by atoms with E-state index in [1.54, 1.807) is 0 Å². The second-order valence-corrected chi connectivity index (χ2v) is 6.79. The van der Waals surface area contributed by atoms with E-state index in [1.807, 2.05) is 36.4 Å². The first-order chi connectivity index (χ1) is 12.8. The van der Waals surface area contributed by atoms with Crippen molar-refractivity contribution in [2.75, 3.05) is 36.5 Å². The molecule has 2 aromatic rings. The minimum atomic E-state index is -0.0325. The van der Waals surface area contributed by atoms with Crippen molar-refractivity contribution < 1.29 is 14.3 Å². The minimum absolute atomic E-state index is 0.0325. The van der Waals surface area contributed by atoms with Crippen LogP contribution in [0, 0.1) is 0 Å². The van der Waals surface area contributed by atoms with Gasteiger partial charge in [0.05, 0.1) is 18.3 Å². The Bertz CT molecular complexity index is 771. The molecule has 2 heterocycles. The zero-order chi connectivity index (χ0) is 17.8. The maximum atomic E-state index is 12.6. The Balaban J connectivity index is 1.37. The van der Waals surface area contributed by atoms with Crippen LogP contribution in [-0.2, 0) is 16.0 Å². The Hall–Kier alpha value is -2.53. The molecule has 0 saturated carbocycles. The highest BCUT2D eigenvalue weighted by Gasteiger charge is 2.21. The molecule has 1 N–H and O–H groups in total. The first kappa shape index (κ1) is 16.9. The van der Waals surface area contributed by atoms with Gasteiger partial charge in [-0.2, -0.15) is 0 Å². The van der Waals surface area contributed by atoms with Crippen molar-refractivity contribution in [2.45, 2.75) is 25.4 Å². The molecule has 0 aromatic heterocycles. The number of ether oxygens (including phenoxy) is 2. The number of carbonyl (C=O) groups is 1. The van der Waals surface area contributed by atoms with E-state index >= 15 is 0 Å². The summed E-state index contributed by atoms with van der Waals surface area (Å²) in [6.45, 7) is 2.55. The quantitative estimate of drug-likeness (QED) is 0.867. The predicted molar refractivity (Wildman–Crippen MR) is 102 cm³/mol. The summed E-state index contributed by atoms with van der Waals surface area (Å²) in [5, 5.41) is 3.00. The van der Waals surface area contributed by atoms with Gasteiger partial charge in [-0.15, -0.1) is 0 Å². The molecule has 1 saturated heterocycles. The molecule has 0 aliphatic carbocycles. The molecule has 2 aliphatic rings. The fraction of sp³-hybridized carbons (Fsp3) is 0.381. The number of anilines is 2. The van der Waals surface area contributed by atoms with Gasteiger partial charge in [0.15, 0.2) is 0 Å². The highest BCUT2D eigenvalue weighted by molar-refractivity contribution is 5.95. The summed E-state index contributed by atoms with van der Waals surface area (Å²) in [7, 11) is 0. The molecule has 1 fully saturated rings. The van der Waals surface area contributed by atoms with Crippen molar-refractivity contribution in [3.05, 3.63) is 54.1 Å². The van der Waals surface area contributed by atoms with E-state index in [4.69, 9.17) is 9.47 Å². The van der Waals surface area contributed by atoms with E-state index in [0.717, 1.165) is 38.1 Å². The molecule has 5 nitrogen and oxygen atoms in total. The molecule has 0 bridgehead atoms. The monoisotopic (exact) mass is 352 g/mol. The SMILES string of the molecule is O=C(CN1CCc2ccccc21)Nc1ccccc1OCC1CCCO1. The number of fused-ring (bicyclic) bond motifs is 1. The van der Waals surface area contributed by atoms with Gasteiger partial charge in [0, 0.05) is 18.8 Å². The topological polar surface area (TPSA) is 50.8 Å². The van der Waals surface area contributed by atoms with Crippen LogP contribution in [0.2, 0.25) is 0 Å². The summed E-state index contributed by atoms with van der Waals surface area (Å²) < 4.78 is 11.5. The van der Waals surface area contributed by atoms with Crippen LogP contribution in [0.25, 0.3) is 0 Å². The van der Waals surface area contributed by atoms with Crippen LogP contribution in [0.4, 0.5) is 11.4 Å². The molecular weight excluding hydrogens is 328 g/mol. The number of carbonyl (C=O) groups excluding carboxylic acids is 1. The van der Waals surface area contributed by atoms with Crippen LogP contribution in [0.15, 0.2) is 48.5 Å². The van der Waals surface area contributed by atoms with Crippen molar-refractivity contribution >= 4 is 17.3 Å². The van der Waals surface area contributed by atoms with E-state index < -0.39 is 0 Å². The van der Waals surface area contributed by atoms with E-state index in [2.05, 4.69) is 22.3 Å². The smallest absolute Gasteiger partial charge is 0.243 e. The third kappa shape index (κ3) is 3.83. The Morgan fingerprint density at radius 2 is 2.04 bits per heavy atom. The maximum absolute atomic E-state index is 12.6. The zero-order valence-electron chi connectivity index (χ0n) is 14.8. The lowest BCUT2D eigenvalue weighted by atomic mass is 10.2. The highest BCUT2D eigenvalue weighted by atomic mass is 16.5. The summed E-state index contributed by atoms with van der Waals surface area (Å²) in [6, 6.07) is 15.8. The van der Waals surface area contributed by atoms with Crippen LogP contribution in [0.5, 0.6) is 5.75 Å². The first-order valence-electron chi connectivity index (χ1n) is 9.26. The molecule has 136 valence electrons. The van der Waals surface area contributed by atoms with Gasteiger partial charge in [0.1, 0.15) is 12.4 Å². The lowest BCUT2D eigenvalue weighted by Gasteiger charge is -2.20. The minimum Gasteiger partial charge on any atom is -0.489 e. The van der Waals surface area contributed by atoms with Crippen molar-refractivity contribution in [2.24, 2.45) is 0 Å². The van der Waals surface area contributed by atoms with Gasteiger partial charge in [-0.05, 0) is 43.0 Å². The predicted octanol–water partition coefficient (Wildman–Crippen LogP) is 3.25. The van der Waals surface area contributed by atoms with E-state index in [9.17, 15) is 4.79 Å². The zero-order valence-corrected chi connectivity index (χ0v) is 14.8. The van der Waals surface area contributed by atoms with Crippen LogP contribution < -0.4 is 15.0 Å². The Morgan fingerprint density at radius 1 is 1.19 bits per heavy atom. The molecule has 0 radical (unpaired) electrons. The molecule has 1 amide bonds. The number of hydrogen-bond acceptors (Lipinski definition) is 4. The van der Waals surface area contributed by atoms with Gasteiger partial charge in [-0.25, -0.2) is 0 Å². The van der Waals surface area contributed by atoms with Gasteiger partial charge in [0.2, 0.25) is 5.91 Å². The van der Waals surface area contributed by atoms with Crippen molar-refractivity contribution in [3.63, 3.8) is 0 Å². The summed E-state index contributed by atoms with van der Waals surface area (Å²) in [6.07, 6.45) is 3.26. The number of amides is 1. The van der Waals surface area contributed by atoms with Crippen LogP contribution in [0.3, 0.4) is 0 Å². The fourth-order valence-corrected chi connectivity index (χ4v) is 3.59. The Kier molecular flexibility index (Phi) is 5.07. The molecule has 0 spiro atoms. The summed E-state index contributed by atoms with van der Waals surface area (Å²) in [5.41, 5.74) is 3.18. The molecule has 2 aromatic carbocycles. The third-order valence-electron chi connectivity index (χ3n) is 4.93. The van der Waals surface area contributed by atoms with Crippen molar-refractivity contribution in [1.82, 2.24) is 0 Å². The average molecular weight is 352 g/mol. The summed E-state index contributed by atoms with van der Waals surface area (Å²) in [4.78, 5) is 14.7. The molecule has 5 heteroatoms. The number of rotatable bonds is 6. The van der Waals surface area contributed by atoms with Crippen LogP contribution >= 0.6 is 0 Å². The lowest BCUT2D eigenvalue weighted by Crippen LogP contribution is -2.32. The molecule has 26 heavy (non-hydrogen) atoms. The molecular formula is C21H24N2O3. The van der Waals surface area contributed by atoms with E-state index in [0.29, 0.717) is 24.6 Å². The largest absolute Gasteiger partial charge is 0.489 e. The fourth-order valence-electron chi connectivity index (χ4n) is 3.59. The molecule has 1 atom stereocenters. The van der Waals surface area contributed by atoms with Gasteiger partial charge < -0.3 is 19.7 Å². The highest BCUT2D eigenvalue weighted by Crippen LogP contribution is 2.28. The number of nitrogens with zero attached hydrogens (tertiary/aromatic N) is 1. The van der Waals surface area contributed by atoms with Gasteiger partial charge >= 0.3 is 0 Å². The number of nitrogens with one attached hydrogen (secondary N) is 1. The van der Waals surface area contributed by atoms with Gasteiger partial charge in [-0.1, -0.05) is 30.3 Å². The third-order valence-corrected chi connectivity index (χ3v) is 4.93. The maximum Gasteiger partial charge on any atom is 0.243 e. The average Bonchev–Trinajstić information content (AvgIpc) is 3.31. The van der Waals surface area contributed by atoms with E-state index in [1.165, 1.54) is 5.56 Å². The number of hydrogen-bond donors (Lipinski definition) is 1. The van der Waals surface area contributed by atoms with E-state index in [-0.39, 0.29) is 12.0 Å². The molecule has 4 rings (SSSR count). The number of benzene rings is 2. The van der Waals surface area contributed by atoms with Crippen LogP contribution in [-0.4, -0.2) is 38.3 Å². The second kappa shape index (κ2) is 7.79. The van der Waals surface area contributed by atoms with Gasteiger partial charge in [0.25, 0.3) is 0 Å². The lowest BCUT2D eigenvalue weighted by molar-refractivity contribution is -0.115. The second-order valence-electron chi connectivity index (χ2n) is 6.79. The van der Waals surface area contributed by atoms with Crippen LogP contribution in [0.1, 0.15) is 18.4 Å². The Labute approximate surface area is 153 Å². The standard InChI is InChI=1S/C21H24N2O3/c24-21(14-23-12-11-16-6-1-3-9-19(16)23)22-18-8-2-4-10-20(18)26-15-17-7-5-13-25-17/h1-4,6,8-10,17H,5,7,11-15H2,(H,22,24). The van der Waals surface area contributed by atoms with Crippen molar-refractivity contribution in [1.29, 1.82) is 0 Å². The van der Waals surface area contributed by atoms with Crippen molar-refractivity contribution in [3.8, 4) is 5.75 Å². The summed E-state index contributed by atoms with van der Waals surface area (Å²) >= 11 is 0. The summed E-state index contributed by atoms with van der Waals surface area (Å²) in [5.74, 6) is 0.660.